The van der Waals surface area contributed by atoms with E-state index in [1.54, 1.807) is 0 Å². The zero-order valence-electron chi connectivity index (χ0n) is 10.8. The molecule has 1 aromatic heterocycles. The number of nitrogens with two attached hydrogens (primary N) is 1. The highest BCUT2D eigenvalue weighted by molar-refractivity contribution is 7.90. The molecule has 0 aliphatic rings. The summed E-state index contributed by atoms with van der Waals surface area (Å²) in [6.45, 7) is 0. The summed E-state index contributed by atoms with van der Waals surface area (Å²) in [5.74, 6) is -0.0601. The van der Waals surface area contributed by atoms with Gasteiger partial charge in [0.15, 0.2) is 9.84 Å². The molecule has 2 aromatic rings. The Morgan fingerprint density at radius 3 is 2.19 bits per heavy atom. The first-order chi connectivity index (χ1) is 9.59. The van der Waals surface area contributed by atoms with E-state index in [2.05, 4.69) is 4.98 Å². The fraction of sp³-hybridized carbons (Fsp3) is 0.154. The van der Waals surface area contributed by atoms with Crippen LogP contribution in [-0.2, 0) is 16.0 Å². The topological polar surface area (TPSA) is 73.0 Å². The largest absolute Gasteiger partial charge is 0.417 e. The lowest BCUT2D eigenvalue weighted by Crippen LogP contribution is -2.07. The SMILES string of the molecule is CS(=O)(=O)c1ccc(-c2cc(C(F)(F)F)cnc2N)cc1. The Bertz CT molecular complexity index is 769. The molecule has 1 heterocycles. The highest BCUT2D eigenvalue weighted by Crippen LogP contribution is 2.34. The molecule has 4 nitrogen and oxygen atoms in total. The van der Waals surface area contributed by atoms with Gasteiger partial charge in [-0.2, -0.15) is 13.2 Å². The van der Waals surface area contributed by atoms with Crippen LogP contribution in [0.2, 0.25) is 0 Å². The van der Waals surface area contributed by atoms with Gasteiger partial charge in [0.2, 0.25) is 0 Å². The molecule has 0 aliphatic carbocycles. The Morgan fingerprint density at radius 2 is 1.71 bits per heavy atom. The number of sulfone groups is 1. The van der Waals surface area contributed by atoms with Gasteiger partial charge in [-0.1, -0.05) is 12.1 Å². The zero-order valence-corrected chi connectivity index (χ0v) is 11.7. The Balaban J connectivity index is 2.52. The number of hydrogen-bond acceptors (Lipinski definition) is 4. The van der Waals surface area contributed by atoms with Gasteiger partial charge in [0, 0.05) is 18.0 Å². The van der Waals surface area contributed by atoms with E-state index in [0.29, 0.717) is 11.8 Å². The minimum atomic E-state index is -4.53. The number of benzene rings is 1. The smallest absolute Gasteiger partial charge is 0.383 e. The quantitative estimate of drug-likeness (QED) is 0.924. The summed E-state index contributed by atoms with van der Waals surface area (Å²) in [5, 5.41) is 0. The van der Waals surface area contributed by atoms with Crippen molar-refractivity contribution in [3.63, 3.8) is 0 Å². The molecule has 0 atom stereocenters. The lowest BCUT2D eigenvalue weighted by Gasteiger charge is -2.11. The number of nitrogen functional groups attached to an aromatic ring is 1. The standard InChI is InChI=1S/C13H11F3N2O2S/c1-21(19,20)10-4-2-8(3-5-10)11-6-9(13(14,15)16)7-18-12(11)17/h2-7H,1H3,(H2,17,18). The predicted molar refractivity (Wildman–Crippen MR) is 72.2 cm³/mol. The van der Waals surface area contributed by atoms with Crippen molar-refractivity contribution in [2.24, 2.45) is 0 Å². The van der Waals surface area contributed by atoms with Crippen LogP contribution in [0.3, 0.4) is 0 Å². The van der Waals surface area contributed by atoms with Crippen molar-refractivity contribution in [1.82, 2.24) is 4.98 Å². The number of anilines is 1. The van der Waals surface area contributed by atoms with Crippen LogP contribution in [-0.4, -0.2) is 19.7 Å². The zero-order chi connectivity index (χ0) is 15.8. The van der Waals surface area contributed by atoms with E-state index < -0.39 is 21.6 Å². The molecule has 0 bridgehead atoms. The van der Waals surface area contributed by atoms with Crippen molar-refractivity contribution < 1.29 is 21.6 Å². The molecule has 2 rings (SSSR count). The van der Waals surface area contributed by atoms with Gasteiger partial charge in [0.1, 0.15) is 5.82 Å². The molecular weight excluding hydrogens is 305 g/mol. The molecule has 8 heteroatoms. The van der Waals surface area contributed by atoms with Crippen LogP contribution in [0.4, 0.5) is 19.0 Å². The van der Waals surface area contributed by atoms with Gasteiger partial charge in [0.05, 0.1) is 10.5 Å². The highest BCUT2D eigenvalue weighted by atomic mass is 32.2. The minimum Gasteiger partial charge on any atom is -0.383 e. The van der Waals surface area contributed by atoms with Gasteiger partial charge in [-0.25, -0.2) is 13.4 Å². The number of aromatic nitrogens is 1. The van der Waals surface area contributed by atoms with Crippen molar-refractivity contribution in [2.45, 2.75) is 11.1 Å². The summed E-state index contributed by atoms with van der Waals surface area (Å²) in [4.78, 5) is 3.61. The van der Waals surface area contributed by atoms with Crippen molar-refractivity contribution in [2.75, 3.05) is 12.0 Å². The molecule has 0 fully saturated rings. The molecule has 21 heavy (non-hydrogen) atoms. The molecule has 0 spiro atoms. The molecule has 1 aromatic carbocycles. The van der Waals surface area contributed by atoms with Crippen LogP contribution in [0.25, 0.3) is 11.1 Å². The van der Waals surface area contributed by atoms with E-state index in [1.807, 2.05) is 0 Å². The molecule has 0 unspecified atom stereocenters. The molecule has 0 saturated carbocycles. The summed E-state index contributed by atoms with van der Waals surface area (Å²) in [7, 11) is -3.37. The lowest BCUT2D eigenvalue weighted by molar-refractivity contribution is -0.137. The number of halogens is 3. The second-order valence-electron chi connectivity index (χ2n) is 4.45. The van der Waals surface area contributed by atoms with Crippen LogP contribution < -0.4 is 5.73 Å². The van der Waals surface area contributed by atoms with Crippen LogP contribution in [0, 0.1) is 0 Å². The molecular formula is C13H11F3N2O2S. The summed E-state index contributed by atoms with van der Waals surface area (Å²) >= 11 is 0. The molecule has 0 amide bonds. The lowest BCUT2D eigenvalue weighted by atomic mass is 10.0. The molecule has 0 radical (unpaired) electrons. The van der Waals surface area contributed by atoms with Crippen molar-refractivity contribution >= 4 is 15.7 Å². The van der Waals surface area contributed by atoms with E-state index in [0.717, 1.165) is 12.3 Å². The third kappa shape index (κ3) is 3.33. The maximum absolute atomic E-state index is 12.7. The number of rotatable bonds is 2. The number of pyridine rings is 1. The Kier molecular flexibility index (Phi) is 3.66. The Hall–Kier alpha value is -2.09. The summed E-state index contributed by atoms with van der Waals surface area (Å²) < 4.78 is 60.7. The normalized spacial score (nSPS) is 12.4. The van der Waals surface area contributed by atoms with E-state index in [1.165, 1.54) is 24.3 Å². The van der Waals surface area contributed by atoms with E-state index in [9.17, 15) is 21.6 Å². The molecule has 112 valence electrons. The molecule has 0 aliphatic heterocycles. The first kappa shape index (κ1) is 15.3. The second-order valence-corrected chi connectivity index (χ2v) is 6.47. The fourth-order valence-corrected chi connectivity index (χ4v) is 2.37. The predicted octanol–water partition coefficient (Wildman–Crippen LogP) is 2.75. The fourth-order valence-electron chi connectivity index (χ4n) is 1.74. The summed E-state index contributed by atoms with van der Waals surface area (Å²) in [6, 6.07) is 6.29. The van der Waals surface area contributed by atoms with Gasteiger partial charge >= 0.3 is 6.18 Å². The van der Waals surface area contributed by atoms with Crippen LogP contribution in [0.5, 0.6) is 0 Å². The van der Waals surface area contributed by atoms with Gasteiger partial charge in [0.25, 0.3) is 0 Å². The first-order valence-electron chi connectivity index (χ1n) is 5.72. The third-order valence-electron chi connectivity index (χ3n) is 2.84. The summed E-state index contributed by atoms with van der Waals surface area (Å²) in [5.41, 5.74) is 5.14. The molecule has 2 N–H and O–H groups in total. The van der Waals surface area contributed by atoms with Crippen molar-refractivity contribution in [1.29, 1.82) is 0 Å². The maximum Gasteiger partial charge on any atom is 0.417 e. The Labute approximate surface area is 119 Å². The van der Waals surface area contributed by atoms with E-state index in [-0.39, 0.29) is 16.3 Å². The Morgan fingerprint density at radius 1 is 1.14 bits per heavy atom. The van der Waals surface area contributed by atoms with E-state index in [4.69, 9.17) is 5.73 Å². The van der Waals surface area contributed by atoms with Gasteiger partial charge < -0.3 is 5.73 Å². The van der Waals surface area contributed by atoms with Gasteiger partial charge in [-0.05, 0) is 23.8 Å². The monoisotopic (exact) mass is 316 g/mol. The highest BCUT2D eigenvalue weighted by Gasteiger charge is 2.31. The van der Waals surface area contributed by atoms with Crippen molar-refractivity contribution in [3.8, 4) is 11.1 Å². The average molecular weight is 316 g/mol. The number of nitrogens with zero attached hydrogens (tertiary/aromatic N) is 1. The van der Waals surface area contributed by atoms with Crippen LogP contribution >= 0.6 is 0 Å². The van der Waals surface area contributed by atoms with Gasteiger partial charge in [-0.3, -0.25) is 0 Å². The van der Waals surface area contributed by atoms with Gasteiger partial charge in [-0.15, -0.1) is 0 Å². The molecule has 0 saturated heterocycles. The third-order valence-corrected chi connectivity index (χ3v) is 3.97. The summed E-state index contributed by atoms with van der Waals surface area (Å²) in [6.07, 6.45) is -2.83. The number of hydrogen-bond donors (Lipinski definition) is 1. The average Bonchev–Trinajstić information content (AvgIpc) is 2.37. The maximum atomic E-state index is 12.7. The first-order valence-corrected chi connectivity index (χ1v) is 7.61. The van der Waals surface area contributed by atoms with E-state index >= 15 is 0 Å². The second kappa shape index (κ2) is 5.03. The van der Waals surface area contributed by atoms with Crippen LogP contribution in [0.1, 0.15) is 5.56 Å². The number of alkyl halides is 3. The van der Waals surface area contributed by atoms with Crippen molar-refractivity contribution in [3.05, 3.63) is 42.1 Å². The minimum absolute atomic E-state index is 0.0601. The van der Waals surface area contributed by atoms with Crippen LogP contribution in [0.15, 0.2) is 41.4 Å².